The first-order chi connectivity index (χ1) is 11.7. The molecule has 0 aromatic heterocycles. The smallest absolute Gasteiger partial charge is 0.305 e. The summed E-state index contributed by atoms with van der Waals surface area (Å²) in [7, 11) is 0. The standard InChI is InChI=1S/C19H23NO3S/c1-2-23-19(22)11-6-12-20-18(21)14-24-13-16-9-5-8-15-7-3-4-10-17(15)16/h3-5,7-10H,2,6,11-14H2,1H3,(H,20,21). The summed E-state index contributed by atoms with van der Waals surface area (Å²) in [5.74, 6) is 1.02. The molecule has 0 fully saturated rings. The molecule has 0 aliphatic rings. The maximum absolute atomic E-state index is 11.8. The van der Waals surface area contributed by atoms with Gasteiger partial charge in [0.15, 0.2) is 0 Å². The van der Waals surface area contributed by atoms with Crippen molar-refractivity contribution in [1.29, 1.82) is 0 Å². The molecule has 0 bridgehead atoms. The third-order valence-corrected chi connectivity index (χ3v) is 4.54. The van der Waals surface area contributed by atoms with Gasteiger partial charge in [0, 0.05) is 18.7 Å². The average molecular weight is 345 g/mol. The van der Waals surface area contributed by atoms with Gasteiger partial charge in [0.05, 0.1) is 12.4 Å². The van der Waals surface area contributed by atoms with E-state index in [1.165, 1.54) is 16.3 Å². The van der Waals surface area contributed by atoms with Crippen LogP contribution in [0.15, 0.2) is 42.5 Å². The topological polar surface area (TPSA) is 55.4 Å². The second-order valence-corrected chi connectivity index (χ2v) is 6.38. The molecule has 0 saturated heterocycles. The van der Waals surface area contributed by atoms with E-state index in [1.54, 1.807) is 18.7 Å². The highest BCUT2D eigenvalue weighted by molar-refractivity contribution is 7.99. The van der Waals surface area contributed by atoms with Gasteiger partial charge in [0.25, 0.3) is 0 Å². The number of rotatable bonds is 9. The van der Waals surface area contributed by atoms with E-state index in [4.69, 9.17) is 4.74 Å². The van der Waals surface area contributed by atoms with Crippen LogP contribution in [0.3, 0.4) is 0 Å². The Balaban J connectivity index is 1.68. The second kappa shape index (κ2) is 9.98. The van der Waals surface area contributed by atoms with Crippen LogP contribution < -0.4 is 5.32 Å². The Hall–Kier alpha value is -2.01. The van der Waals surface area contributed by atoms with Crippen molar-refractivity contribution in [3.8, 4) is 0 Å². The molecule has 24 heavy (non-hydrogen) atoms. The molecule has 4 nitrogen and oxygen atoms in total. The highest BCUT2D eigenvalue weighted by atomic mass is 32.2. The molecular weight excluding hydrogens is 322 g/mol. The fourth-order valence-electron chi connectivity index (χ4n) is 2.42. The van der Waals surface area contributed by atoms with Crippen molar-refractivity contribution < 1.29 is 14.3 Å². The zero-order chi connectivity index (χ0) is 17.2. The Morgan fingerprint density at radius 3 is 2.75 bits per heavy atom. The van der Waals surface area contributed by atoms with Crippen molar-refractivity contribution in [1.82, 2.24) is 5.32 Å². The lowest BCUT2D eigenvalue weighted by molar-refractivity contribution is -0.143. The third-order valence-electron chi connectivity index (χ3n) is 3.56. The van der Waals surface area contributed by atoms with Crippen LogP contribution in [-0.4, -0.2) is 30.8 Å². The number of hydrogen-bond acceptors (Lipinski definition) is 4. The zero-order valence-corrected chi connectivity index (χ0v) is 14.7. The number of amides is 1. The summed E-state index contributed by atoms with van der Waals surface area (Å²) in [6.45, 7) is 2.69. The lowest BCUT2D eigenvalue weighted by Crippen LogP contribution is -2.26. The largest absolute Gasteiger partial charge is 0.466 e. The number of thioether (sulfide) groups is 1. The molecule has 1 N–H and O–H groups in total. The Labute approximate surface area is 147 Å². The molecule has 1 amide bonds. The van der Waals surface area contributed by atoms with E-state index in [-0.39, 0.29) is 11.9 Å². The van der Waals surface area contributed by atoms with Crippen LogP contribution in [0.2, 0.25) is 0 Å². The number of nitrogens with one attached hydrogen (secondary N) is 1. The molecule has 2 aromatic rings. The van der Waals surface area contributed by atoms with Gasteiger partial charge in [-0.25, -0.2) is 0 Å². The molecule has 0 spiro atoms. The molecule has 0 aliphatic heterocycles. The molecule has 0 atom stereocenters. The number of benzene rings is 2. The summed E-state index contributed by atoms with van der Waals surface area (Å²) in [5, 5.41) is 5.30. The monoisotopic (exact) mass is 345 g/mol. The van der Waals surface area contributed by atoms with Gasteiger partial charge in [0.2, 0.25) is 5.91 Å². The van der Waals surface area contributed by atoms with Crippen LogP contribution in [0.5, 0.6) is 0 Å². The minimum atomic E-state index is -0.211. The number of esters is 1. The zero-order valence-electron chi connectivity index (χ0n) is 13.9. The molecule has 128 valence electrons. The van der Waals surface area contributed by atoms with Crippen molar-refractivity contribution in [2.45, 2.75) is 25.5 Å². The third kappa shape index (κ3) is 5.89. The molecule has 0 unspecified atom stereocenters. The van der Waals surface area contributed by atoms with E-state index >= 15 is 0 Å². The van der Waals surface area contributed by atoms with Crippen LogP contribution >= 0.6 is 11.8 Å². The summed E-state index contributed by atoms with van der Waals surface area (Å²) in [4.78, 5) is 23.0. The highest BCUT2D eigenvalue weighted by Gasteiger charge is 2.05. The predicted molar refractivity (Wildman–Crippen MR) is 99.0 cm³/mol. The van der Waals surface area contributed by atoms with Crippen molar-refractivity contribution in [3.63, 3.8) is 0 Å². The summed E-state index contributed by atoms with van der Waals surface area (Å²) in [6, 6.07) is 14.5. The van der Waals surface area contributed by atoms with E-state index in [9.17, 15) is 9.59 Å². The molecule has 0 heterocycles. The molecule has 0 aliphatic carbocycles. The Morgan fingerprint density at radius 2 is 1.92 bits per heavy atom. The maximum atomic E-state index is 11.8. The molecule has 0 saturated carbocycles. The van der Waals surface area contributed by atoms with Gasteiger partial charge >= 0.3 is 5.97 Å². The van der Waals surface area contributed by atoms with Crippen molar-refractivity contribution in [3.05, 3.63) is 48.0 Å². The Kier molecular flexibility index (Phi) is 7.62. The van der Waals surface area contributed by atoms with Gasteiger partial charge in [-0.2, -0.15) is 0 Å². The summed E-state index contributed by atoms with van der Waals surface area (Å²) in [5.41, 5.74) is 1.24. The molecular formula is C19H23NO3S. The van der Waals surface area contributed by atoms with Crippen molar-refractivity contribution >= 4 is 34.4 Å². The maximum Gasteiger partial charge on any atom is 0.305 e. The highest BCUT2D eigenvalue weighted by Crippen LogP contribution is 2.22. The minimum absolute atomic E-state index is 0.00379. The number of hydrogen-bond donors (Lipinski definition) is 1. The molecule has 2 aromatic carbocycles. The molecule has 2 rings (SSSR count). The minimum Gasteiger partial charge on any atom is -0.466 e. The van der Waals surface area contributed by atoms with Crippen LogP contribution in [0.1, 0.15) is 25.3 Å². The first kappa shape index (κ1) is 18.3. The lowest BCUT2D eigenvalue weighted by atomic mass is 10.1. The van der Waals surface area contributed by atoms with Crippen LogP contribution in [-0.2, 0) is 20.1 Å². The summed E-state index contributed by atoms with van der Waals surface area (Å²) in [6.07, 6.45) is 0.954. The van der Waals surface area contributed by atoms with E-state index in [1.807, 2.05) is 18.2 Å². The lowest BCUT2D eigenvalue weighted by Gasteiger charge is -2.07. The number of carbonyl (C=O) groups excluding carboxylic acids is 2. The fourth-order valence-corrected chi connectivity index (χ4v) is 3.28. The number of fused-ring (bicyclic) bond motifs is 1. The quantitative estimate of drug-likeness (QED) is 0.558. The Morgan fingerprint density at radius 1 is 1.12 bits per heavy atom. The number of ether oxygens (including phenoxy) is 1. The molecule has 0 radical (unpaired) electrons. The number of carbonyl (C=O) groups is 2. The Bertz CT molecular complexity index is 682. The summed E-state index contributed by atoms with van der Waals surface area (Å²) >= 11 is 1.60. The van der Waals surface area contributed by atoms with E-state index in [2.05, 4.69) is 29.6 Å². The van der Waals surface area contributed by atoms with E-state index in [0.29, 0.717) is 31.7 Å². The van der Waals surface area contributed by atoms with Crippen molar-refractivity contribution in [2.75, 3.05) is 18.9 Å². The first-order valence-electron chi connectivity index (χ1n) is 8.17. The SMILES string of the molecule is CCOC(=O)CCCNC(=O)CSCc1cccc2ccccc12. The van der Waals surface area contributed by atoms with Gasteiger partial charge in [-0.3, -0.25) is 9.59 Å². The van der Waals surface area contributed by atoms with Gasteiger partial charge < -0.3 is 10.1 Å². The van der Waals surface area contributed by atoms with Gasteiger partial charge in [-0.1, -0.05) is 42.5 Å². The molecule has 5 heteroatoms. The van der Waals surface area contributed by atoms with Crippen LogP contribution in [0.25, 0.3) is 10.8 Å². The summed E-state index contributed by atoms with van der Waals surface area (Å²) < 4.78 is 4.84. The van der Waals surface area contributed by atoms with Gasteiger partial charge in [-0.15, -0.1) is 11.8 Å². The van der Waals surface area contributed by atoms with E-state index in [0.717, 1.165) is 5.75 Å². The second-order valence-electron chi connectivity index (χ2n) is 5.39. The predicted octanol–water partition coefficient (Wildman–Crippen LogP) is 3.53. The first-order valence-corrected chi connectivity index (χ1v) is 9.33. The van der Waals surface area contributed by atoms with Crippen LogP contribution in [0, 0.1) is 0 Å². The normalized spacial score (nSPS) is 10.5. The van der Waals surface area contributed by atoms with Crippen molar-refractivity contribution in [2.24, 2.45) is 0 Å². The van der Waals surface area contributed by atoms with E-state index < -0.39 is 0 Å². The van der Waals surface area contributed by atoms with Gasteiger partial charge in [-0.05, 0) is 29.7 Å². The average Bonchev–Trinajstić information content (AvgIpc) is 2.59. The van der Waals surface area contributed by atoms with Gasteiger partial charge in [0.1, 0.15) is 0 Å². The van der Waals surface area contributed by atoms with Crippen LogP contribution in [0.4, 0.5) is 0 Å². The fraction of sp³-hybridized carbons (Fsp3) is 0.368.